The molecule has 1 aromatic carbocycles. The SMILES string of the molecule is CC(C)n1nc(C(=O)N[C@@H]2C[C@H]3CC[C@@H](C2)N3CCN2CCN(C(=O)C3CCCO3)CC2)c2ccccc21. The summed E-state index contributed by atoms with van der Waals surface area (Å²) in [4.78, 5) is 33.2. The van der Waals surface area contributed by atoms with Gasteiger partial charge < -0.3 is 15.0 Å². The van der Waals surface area contributed by atoms with E-state index in [4.69, 9.17) is 9.84 Å². The number of carbonyl (C=O) groups is 2. The quantitative estimate of drug-likeness (QED) is 0.602. The summed E-state index contributed by atoms with van der Waals surface area (Å²) in [5, 5.41) is 8.97. The number of nitrogens with one attached hydrogen (secondary N) is 1. The molecule has 9 heteroatoms. The van der Waals surface area contributed by atoms with E-state index in [9.17, 15) is 9.59 Å². The molecule has 9 nitrogen and oxygen atoms in total. The lowest BCUT2D eigenvalue weighted by Gasteiger charge is -2.41. The predicted octanol–water partition coefficient (Wildman–Crippen LogP) is 2.67. The second-order valence-corrected chi connectivity index (χ2v) is 11.8. The van der Waals surface area contributed by atoms with E-state index in [1.807, 2.05) is 33.8 Å². The van der Waals surface area contributed by atoms with Gasteiger partial charge in [-0.3, -0.25) is 24.1 Å². The maximum Gasteiger partial charge on any atom is 0.272 e. The molecule has 1 unspecified atom stereocenters. The lowest BCUT2D eigenvalue weighted by molar-refractivity contribution is -0.142. The summed E-state index contributed by atoms with van der Waals surface area (Å²) in [5.74, 6) is 0.141. The molecule has 2 amide bonds. The zero-order valence-electron chi connectivity index (χ0n) is 22.8. The standard InChI is InChI=1S/C29H42N6O3/c1-20(2)35-25-7-4-3-6-24(25)27(31-35)28(36)30-21-18-22-9-10-23(19-21)34(22)16-13-32-11-14-33(15-12-32)29(37)26-8-5-17-38-26/h3-4,6-7,20-23,26H,5,8-19H2,1-2H3,(H,30,36)/t21-,22-,23+,26?. The third kappa shape index (κ3) is 5.08. The largest absolute Gasteiger partial charge is 0.368 e. The van der Waals surface area contributed by atoms with Crippen molar-refractivity contribution in [2.24, 2.45) is 0 Å². The molecule has 4 saturated heterocycles. The first kappa shape index (κ1) is 25.8. The van der Waals surface area contributed by atoms with E-state index in [0.717, 1.165) is 82.5 Å². The third-order valence-electron chi connectivity index (χ3n) is 9.10. The van der Waals surface area contributed by atoms with Crippen molar-refractivity contribution in [3.8, 4) is 0 Å². The van der Waals surface area contributed by atoms with Gasteiger partial charge in [-0.05, 0) is 58.4 Å². The topological polar surface area (TPSA) is 82.9 Å². The Labute approximate surface area is 225 Å². The Kier molecular flexibility index (Phi) is 7.42. The molecule has 1 aromatic heterocycles. The van der Waals surface area contributed by atoms with Crippen LogP contribution in [0.15, 0.2) is 24.3 Å². The van der Waals surface area contributed by atoms with Crippen LogP contribution < -0.4 is 5.32 Å². The summed E-state index contributed by atoms with van der Waals surface area (Å²) in [5.41, 5.74) is 1.56. The molecule has 4 fully saturated rings. The van der Waals surface area contributed by atoms with Gasteiger partial charge in [0.05, 0.1) is 5.52 Å². The number of para-hydroxylation sites is 1. The smallest absolute Gasteiger partial charge is 0.272 e. The van der Waals surface area contributed by atoms with Gasteiger partial charge in [0, 0.05) is 75.4 Å². The van der Waals surface area contributed by atoms with Crippen LogP contribution in [0.5, 0.6) is 0 Å². The summed E-state index contributed by atoms with van der Waals surface area (Å²) in [7, 11) is 0. The first-order valence-corrected chi connectivity index (χ1v) is 14.6. The summed E-state index contributed by atoms with van der Waals surface area (Å²) in [6.45, 7) is 10.5. The van der Waals surface area contributed by atoms with Crippen molar-refractivity contribution in [1.82, 2.24) is 29.8 Å². The fourth-order valence-corrected chi connectivity index (χ4v) is 7.09. The number of fused-ring (bicyclic) bond motifs is 3. The van der Waals surface area contributed by atoms with Crippen LogP contribution in [0.25, 0.3) is 10.9 Å². The molecule has 2 bridgehead atoms. The molecule has 38 heavy (non-hydrogen) atoms. The molecule has 4 aliphatic heterocycles. The number of piperidine rings is 1. The van der Waals surface area contributed by atoms with Crippen molar-refractivity contribution in [2.75, 3.05) is 45.9 Å². The number of carbonyl (C=O) groups excluding carboxylic acids is 2. The van der Waals surface area contributed by atoms with Gasteiger partial charge in [-0.1, -0.05) is 18.2 Å². The highest BCUT2D eigenvalue weighted by Crippen LogP contribution is 2.36. The second kappa shape index (κ2) is 10.9. The fraction of sp³-hybridized carbons (Fsp3) is 0.690. The molecular formula is C29H42N6O3. The Morgan fingerprint density at radius 3 is 2.45 bits per heavy atom. The molecule has 0 aliphatic carbocycles. The first-order valence-electron chi connectivity index (χ1n) is 14.6. The molecule has 5 heterocycles. The van der Waals surface area contributed by atoms with Gasteiger partial charge in [0.25, 0.3) is 11.8 Å². The van der Waals surface area contributed by atoms with Crippen LogP contribution in [0.2, 0.25) is 0 Å². The van der Waals surface area contributed by atoms with E-state index in [-0.39, 0.29) is 30.0 Å². The van der Waals surface area contributed by atoms with Crippen LogP contribution in [0, 0.1) is 0 Å². The minimum absolute atomic E-state index is 0.0473. The number of nitrogens with zero attached hydrogens (tertiary/aromatic N) is 5. The number of piperazine rings is 1. The van der Waals surface area contributed by atoms with Gasteiger partial charge in [-0.25, -0.2) is 0 Å². The van der Waals surface area contributed by atoms with Crippen LogP contribution in [-0.4, -0.2) is 106 Å². The highest BCUT2D eigenvalue weighted by atomic mass is 16.5. The van der Waals surface area contributed by atoms with E-state index in [0.29, 0.717) is 17.8 Å². The second-order valence-electron chi connectivity index (χ2n) is 11.8. The molecular weight excluding hydrogens is 480 g/mol. The minimum atomic E-state index is -0.205. The van der Waals surface area contributed by atoms with E-state index in [1.165, 1.54) is 12.8 Å². The molecule has 4 atom stereocenters. The summed E-state index contributed by atoms with van der Waals surface area (Å²) in [6, 6.07) is 9.49. The number of aromatic nitrogens is 2. The Hall–Kier alpha value is -2.49. The van der Waals surface area contributed by atoms with Crippen molar-refractivity contribution in [3.05, 3.63) is 30.0 Å². The lowest BCUT2D eigenvalue weighted by Crippen LogP contribution is -2.55. The molecule has 0 radical (unpaired) electrons. The Morgan fingerprint density at radius 1 is 1.03 bits per heavy atom. The maximum atomic E-state index is 13.3. The van der Waals surface area contributed by atoms with Gasteiger partial charge in [0.2, 0.25) is 0 Å². The summed E-state index contributed by atoms with van der Waals surface area (Å²) in [6.07, 6.45) is 6.11. The number of rotatable bonds is 7. The van der Waals surface area contributed by atoms with E-state index >= 15 is 0 Å². The molecule has 2 aromatic rings. The highest BCUT2D eigenvalue weighted by molar-refractivity contribution is 6.05. The van der Waals surface area contributed by atoms with E-state index < -0.39 is 0 Å². The monoisotopic (exact) mass is 522 g/mol. The van der Waals surface area contributed by atoms with Crippen molar-refractivity contribution in [3.63, 3.8) is 0 Å². The molecule has 0 saturated carbocycles. The number of hydrogen-bond donors (Lipinski definition) is 1. The maximum absolute atomic E-state index is 13.3. The average molecular weight is 523 g/mol. The van der Waals surface area contributed by atoms with E-state index in [1.54, 1.807) is 0 Å². The Bertz CT molecular complexity index is 1140. The lowest BCUT2D eigenvalue weighted by atomic mass is 9.97. The van der Waals surface area contributed by atoms with Crippen LogP contribution in [0.1, 0.15) is 68.9 Å². The zero-order valence-corrected chi connectivity index (χ0v) is 22.8. The number of amides is 2. The Balaban J connectivity index is 0.999. The van der Waals surface area contributed by atoms with Crippen molar-refractivity contribution >= 4 is 22.7 Å². The first-order chi connectivity index (χ1) is 18.5. The van der Waals surface area contributed by atoms with Gasteiger partial charge in [0.15, 0.2) is 5.69 Å². The molecule has 206 valence electrons. The van der Waals surface area contributed by atoms with Gasteiger partial charge in [-0.15, -0.1) is 0 Å². The number of ether oxygens (including phenoxy) is 1. The van der Waals surface area contributed by atoms with Crippen LogP contribution in [0.3, 0.4) is 0 Å². The summed E-state index contributed by atoms with van der Waals surface area (Å²) >= 11 is 0. The van der Waals surface area contributed by atoms with Crippen LogP contribution >= 0.6 is 0 Å². The Morgan fingerprint density at radius 2 is 1.76 bits per heavy atom. The molecule has 0 spiro atoms. The minimum Gasteiger partial charge on any atom is -0.368 e. The van der Waals surface area contributed by atoms with Crippen LogP contribution in [0.4, 0.5) is 0 Å². The number of benzene rings is 1. The van der Waals surface area contributed by atoms with Gasteiger partial charge in [0.1, 0.15) is 6.10 Å². The van der Waals surface area contributed by atoms with Crippen LogP contribution in [-0.2, 0) is 9.53 Å². The average Bonchev–Trinajstić information content (AvgIpc) is 3.64. The molecule has 6 rings (SSSR count). The summed E-state index contributed by atoms with van der Waals surface area (Å²) < 4.78 is 7.55. The molecule has 1 N–H and O–H groups in total. The molecule has 4 aliphatic rings. The highest BCUT2D eigenvalue weighted by Gasteiger charge is 2.41. The fourth-order valence-electron chi connectivity index (χ4n) is 7.09. The van der Waals surface area contributed by atoms with Gasteiger partial charge >= 0.3 is 0 Å². The van der Waals surface area contributed by atoms with Crippen molar-refractivity contribution in [2.45, 2.75) is 82.6 Å². The normalized spacial score (nSPS) is 28.4. The van der Waals surface area contributed by atoms with Crippen molar-refractivity contribution in [1.29, 1.82) is 0 Å². The zero-order chi connectivity index (χ0) is 26.2. The third-order valence-corrected chi connectivity index (χ3v) is 9.10. The van der Waals surface area contributed by atoms with Gasteiger partial charge in [-0.2, -0.15) is 5.10 Å². The van der Waals surface area contributed by atoms with Crippen molar-refractivity contribution < 1.29 is 14.3 Å². The number of hydrogen-bond acceptors (Lipinski definition) is 6. The predicted molar refractivity (Wildman–Crippen MR) is 146 cm³/mol. The van der Waals surface area contributed by atoms with E-state index in [2.05, 4.69) is 29.0 Å².